The molecule has 0 bridgehead atoms. The molecule has 5 heteroatoms. The summed E-state index contributed by atoms with van der Waals surface area (Å²) in [5, 5.41) is 2.91. The maximum absolute atomic E-state index is 11.9. The zero-order chi connectivity index (χ0) is 17.8. The molecule has 0 fully saturated rings. The summed E-state index contributed by atoms with van der Waals surface area (Å²) in [5.41, 5.74) is 7.32. The van der Waals surface area contributed by atoms with Crippen LogP contribution in [0.15, 0.2) is 36.4 Å². The van der Waals surface area contributed by atoms with E-state index in [-0.39, 0.29) is 11.9 Å². The minimum atomic E-state index is -0.313. The number of unbranched alkanes of at least 4 members (excludes halogenated alkanes) is 5. The molecular formula is C19H28N2O3. The summed E-state index contributed by atoms with van der Waals surface area (Å²) in [4.78, 5) is 23.0. The zero-order valence-corrected chi connectivity index (χ0v) is 14.5. The van der Waals surface area contributed by atoms with E-state index in [1.165, 1.54) is 0 Å². The van der Waals surface area contributed by atoms with Crippen molar-refractivity contribution in [3.8, 4) is 0 Å². The molecule has 0 aliphatic heterocycles. The molecule has 1 aromatic rings. The summed E-state index contributed by atoms with van der Waals surface area (Å²) in [6.45, 7) is 6.33. The van der Waals surface area contributed by atoms with Crippen LogP contribution >= 0.6 is 0 Å². The minimum absolute atomic E-state index is 0.0608. The second-order valence-electron chi connectivity index (χ2n) is 5.92. The Bertz CT molecular complexity index is 538. The van der Waals surface area contributed by atoms with Crippen molar-refractivity contribution >= 4 is 17.6 Å². The van der Waals surface area contributed by atoms with Gasteiger partial charge in [0, 0.05) is 23.4 Å². The number of benzene rings is 1. The fourth-order valence-corrected chi connectivity index (χ4v) is 2.16. The van der Waals surface area contributed by atoms with E-state index in [9.17, 15) is 9.59 Å². The SMILES string of the molecule is C=C(C)C(=O)OCCCCCCCCNC(=O)c1ccc(N)cc1. The first-order valence-corrected chi connectivity index (χ1v) is 8.47. The molecule has 3 N–H and O–H groups in total. The van der Waals surface area contributed by atoms with Crippen LogP contribution in [0, 0.1) is 0 Å². The van der Waals surface area contributed by atoms with Crippen LogP contribution in [0.2, 0.25) is 0 Å². The maximum Gasteiger partial charge on any atom is 0.333 e. The second kappa shape index (κ2) is 11.3. The molecule has 5 nitrogen and oxygen atoms in total. The number of carbonyl (C=O) groups excluding carboxylic acids is 2. The first kappa shape index (κ1) is 19.7. The molecule has 0 radical (unpaired) electrons. The van der Waals surface area contributed by atoms with Gasteiger partial charge in [0.05, 0.1) is 6.61 Å². The molecule has 1 amide bonds. The number of nitrogens with one attached hydrogen (secondary N) is 1. The number of hydrogen-bond acceptors (Lipinski definition) is 4. The number of amides is 1. The van der Waals surface area contributed by atoms with Gasteiger partial charge >= 0.3 is 5.97 Å². The van der Waals surface area contributed by atoms with Crippen LogP contribution in [-0.2, 0) is 9.53 Å². The highest BCUT2D eigenvalue weighted by Gasteiger charge is 2.04. The van der Waals surface area contributed by atoms with Crippen LogP contribution in [0.25, 0.3) is 0 Å². The quantitative estimate of drug-likeness (QED) is 0.281. The van der Waals surface area contributed by atoms with E-state index >= 15 is 0 Å². The molecule has 0 aliphatic rings. The summed E-state index contributed by atoms with van der Waals surface area (Å²) in [6.07, 6.45) is 6.19. The number of nitrogens with two attached hydrogens (primary N) is 1. The third-order valence-electron chi connectivity index (χ3n) is 3.61. The number of hydrogen-bond donors (Lipinski definition) is 2. The monoisotopic (exact) mass is 332 g/mol. The van der Waals surface area contributed by atoms with Gasteiger partial charge in [-0.2, -0.15) is 0 Å². The number of ether oxygens (including phenoxy) is 1. The van der Waals surface area contributed by atoms with Crippen molar-refractivity contribution in [3.05, 3.63) is 42.0 Å². The van der Waals surface area contributed by atoms with E-state index < -0.39 is 0 Å². The van der Waals surface area contributed by atoms with Crippen molar-refractivity contribution in [1.82, 2.24) is 5.32 Å². The van der Waals surface area contributed by atoms with E-state index in [1.807, 2.05) is 0 Å². The predicted molar refractivity (Wildman–Crippen MR) is 96.7 cm³/mol. The second-order valence-corrected chi connectivity index (χ2v) is 5.92. The molecule has 0 aromatic heterocycles. The van der Waals surface area contributed by atoms with Crippen molar-refractivity contribution in [2.75, 3.05) is 18.9 Å². The van der Waals surface area contributed by atoms with Crippen LogP contribution in [0.5, 0.6) is 0 Å². The van der Waals surface area contributed by atoms with Gasteiger partial charge in [0.1, 0.15) is 0 Å². The minimum Gasteiger partial charge on any atom is -0.462 e. The standard InChI is InChI=1S/C19H28N2O3/c1-15(2)19(23)24-14-8-6-4-3-5-7-13-21-18(22)16-9-11-17(20)12-10-16/h9-12H,1,3-8,13-14,20H2,2H3,(H,21,22). The molecule has 0 saturated heterocycles. The van der Waals surface area contributed by atoms with E-state index in [0.29, 0.717) is 30.0 Å². The van der Waals surface area contributed by atoms with Gasteiger partial charge in [-0.15, -0.1) is 0 Å². The first-order valence-electron chi connectivity index (χ1n) is 8.47. The van der Waals surface area contributed by atoms with Gasteiger partial charge in [-0.25, -0.2) is 4.79 Å². The summed E-state index contributed by atoms with van der Waals surface area (Å²) >= 11 is 0. The molecule has 0 atom stereocenters. The molecule has 0 saturated carbocycles. The Balaban J connectivity index is 1.95. The lowest BCUT2D eigenvalue weighted by Crippen LogP contribution is -2.24. The third kappa shape index (κ3) is 8.36. The average Bonchev–Trinajstić information content (AvgIpc) is 2.56. The van der Waals surface area contributed by atoms with Crippen molar-refractivity contribution in [2.24, 2.45) is 0 Å². The first-order chi connectivity index (χ1) is 11.5. The average molecular weight is 332 g/mol. The predicted octanol–water partition coefficient (Wildman–Crippen LogP) is 3.46. The summed E-state index contributed by atoms with van der Waals surface area (Å²) in [5.74, 6) is -0.374. The molecular weight excluding hydrogens is 304 g/mol. The van der Waals surface area contributed by atoms with Crippen molar-refractivity contribution in [1.29, 1.82) is 0 Å². The van der Waals surface area contributed by atoms with Gasteiger partial charge in [-0.3, -0.25) is 4.79 Å². The number of rotatable bonds is 11. The Morgan fingerprint density at radius 3 is 2.25 bits per heavy atom. The normalized spacial score (nSPS) is 10.2. The lowest BCUT2D eigenvalue weighted by molar-refractivity contribution is -0.139. The van der Waals surface area contributed by atoms with Gasteiger partial charge < -0.3 is 15.8 Å². The maximum atomic E-state index is 11.9. The molecule has 132 valence electrons. The molecule has 0 spiro atoms. The van der Waals surface area contributed by atoms with Gasteiger partial charge in [-0.1, -0.05) is 32.3 Å². The van der Waals surface area contributed by atoms with E-state index in [4.69, 9.17) is 10.5 Å². The Morgan fingerprint density at radius 2 is 1.62 bits per heavy atom. The highest BCUT2D eigenvalue weighted by Crippen LogP contribution is 2.07. The Kier molecular flexibility index (Phi) is 9.27. The van der Waals surface area contributed by atoms with Gasteiger partial charge in [-0.05, 0) is 44.0 Å². The van der Waals surface area contributed by atoms with Gasteiger partial charge in [0.15, 0.2) is 0 Å². The van der Waals surface area contributed by atoms with Crippen LogP contribution in [0.1, 0.15) is 55.8 Å². The summed E-state index contributed by atoms with van der Waals surface area (Å²) in [6, 6.07) is 6.90. The highest BCUT2D eigenvalue weighted by molar-refractivity contribution is 5.94. The molecule has 1 aromatic carbocycles. The van der Waals surface area contributed by atoms with Gasteiger partial charge in [0.2, 0.25) is 0 Å². The summed E-state index contributed by atoms with van der Waals surface area (Å²) < 4.78 is 5.03. The lowest BCUT2D eigenvalue weighted by atomic mass is 10.1. The summed E-state index contributed by atoms with van der Waals surface area (Å²) in [7, 11) is 0. The fourth-order valence-electron chi connectivity index (χ4n) is 2.16. The lowest BCUT2D eigenvalue weighted by Gasteiger charge is -2.06. The van der Waals surface area contributed by atoms with Crippen LogP contribution < -0.4 is 11.1 Å². The molecule has 0 heterocycles. The highest BCUT2D eigenvalue weighted by atomic mass is 16.5. The smallest absolute Gasteiger partial charge is 0.333 e. The molecule has 0 aliphatic carbocycles. The van der Waals surface area contributed by atoms with Crippen LogP contribution in [0.4, 0.5) is 5.69 Å². The number of anilines is 1. The van der Waals surface area contributed by atoms with Crippen LogP contribution in [-0.4, -0.2) is 25.0 Å². The Labute approximate surface area is 144 Å². The van der Waals surface area contributed by atoms with E-state index in [2.05, 4.69) is 11.9 Å². The number of carbonyl (C=O) groups is 2. The van der Waals surface area contributed by atoms with Crippen LogP contribution in [0.3, 0.4) is 0 Å². The van der Waals surface area contributed by atoms with Crippen molar-refractivity contribution < 1.29 is 14.3 Å². The Hall–Kier alpha value is -2.30. The zero-order valence-electron chi connectivity index (χ0n) is 14.5. The van der Waals surface area contributed by atoms with Gasteiger partial charge in [0.25, 0.3) is 5.91 Å². The Morgan fingerprint density at radius 1 is 1.04 bits per heavy atom. The third-order valence-corrected chi connectivity index (χ3v) is 3.61. The number of esters is 1. The van der Waals surface area contributed by atoms with Crippen molar-refractivity contribution in [2.45, 2.75) is 45.4 Å². The van der Waals surface area contributed by atoms with E-state index in [1.54, 1.807) is 31.2 Å². The van der Waals surface area contributed by atoms with Crippen molar-refractivity contribution in [3.63, 3.8) is 0 Å². The number of nitrogen functional groups attached to an aromatic ring is 1. The largest absolute Gasteiger partial charge is 0.462 e. The molecule has 24 heavy (non-hydrogen) atoms. The fraction of sp³-hybridized carbons (Fsp3) is 0.474. The van der Waals surface area contributed by atoms with E-state index in [0.717, 1.165) is 38.5 Å². The molecule has 0 unspecified atom stereocenters. The topological polar surface area (TPSA) is 81.4 Å². The molecule has 1 rings (SSSR count).